The standard InChI is InChI=1S/C26H25ClN4O3/c1-29(2)21-13-9-18(10-14-21)15-28-24(32)17-31-23-6-4-3-5-22(23)30(25(33)26(31)34)16-19-7-11-20(27)12-8-19/h3-14H,15-17H2,1-2H3,(H,28,32). The van der Waals surface area contributed by atoms with Crippen LogP contribution in [-0.2, 0) is 24.4 Å². The van der Waals surface area contributed by atoms with Crippen molar-refractivity contribution in [3.8, 4) is 0 Å². The molecule has 0 aliphatic rings. The van der Waals surface area contributed by atoms with E-state index < -0.39 is 11.1 Å². The van der Waals surface area contributed by atoms with Crippen LogP contribution in [0.25, 0.3) is 11.0 Å². The van der Waals surface area contributed by atoms with Crippen molar-refractivity contribution < 1.29 is 4.79 Å². The summed E-state index contributed by atoms with van der Waals surface area (Å²) in [5, 5.41) is 3.43. The van der Waals surface area contributed by atoms with E-state index in [1.807, 2.05) is 55.4 Å². The fourth-order valence-electron chi connectivity index (χ4n) is 3.77. The minimum atomic E-state index is -0.738. The lowest BCUT2D eigenvalue weighted by atomic mass is 10.2. The van der Waals surface area contributed by atoms with Gasteiger partial charge in [0, 0.05) is 31.4 Å². The van der Waals surface area contributed by atoms with Gasteiger partial charge in [0.05, 0.1) is 17.6 Å². The van der Waals surface area contributed by atoms with Gasteiger partial charge in [-0.2, -0.15) is 0 Å². The number of nitrogens with zero attached hydrogens (tertiary/aromatic N) is 3. The Hall–Kier alpha value is -3.84. The van der Waals surface area contributed by atoms with E-state index in [2.05, 4.69) is 5.32 Å². The molecule has 0 saturated heterocycles. The van der Waals surface area contributed by atoms with Gasteiger partial charge in [0.1, 0.15) is 6.54 Å². The molecule has 0 radical (unpaired) electrons. The van der Waals surface area contributed by atoms with E-state index >= 15 is 0 Å². The molecule has 4 aromatic rings. The van der Waals surface area contributed by atoms with Crippen molar-refractivity contribution in [3.05, 3.63) is 110 Å². The van der Waals surface area contributed by atoms with Crippen LogP contribution in [-0.4, -0.2) is 29.1 Å². The Morgan fingerprint density at radius 2 is 1.38 bits per heavy atom. The van der Waals surface area contributed by atoms with Crippen LogP contribution in [0.5, 0.6) is 0 Å². The first-order chi connectivity index (χ1) is 16.3. The molecule has 174 valence electrons. The monoisotopic (exact) mass is 476 g/mol. The number of fused-ring (bicyclic) bond motifs is 1. The van der Waals surface area contributed by atoms with Gasteiger partial charge in [-0.1, -0.05) is 48.0 Å². The third kappa shape index (κ3) is 5.05. The molecule has 8 heteroatoms. The maximum absolute atomic E-state index is 13.0. The second-order valence-corrected chi connectivity index (χ2v) is 8.67. The van der Waals surface area contributed by atoms with E-state index in [-0.39, 0.29) is 19.0 Å². The topological polar surface area (TPSA) is 76.3 Å². The zero-order valence-corrected chi connectivity index (χ0v) is 19.7. The highest BCUT2D eigenvalue weighted by Crippen LogP contribution is 2.15. The molecule has 3 aromatic carbocycles. The predicted octanol–water partition coefficient (Wildman–Crippen LogP) is 3.25. The number of aromatic nitrogens is 2. The highest BCUT2D eigenvalue weighted by Gasteiger charge is 2.15. The molecule has 0 atom stereocenters. The zero-order chi connectivity index (χ0) is 24.2. The number of carbonyl (C=O) groups excluding carboxylic acids is 1. The summed E-state index contributed by atoms with van der Waals surface area (Å²) in [7, 11) is 3.92. The van der Waals surface area contributed by atoms with Crippen LogP contribution in [0.15, 0.2) is 82.4 Å². The van der Waals surface area contributed by atoms with Crippen LogP contribution in [0.1, 0.15) is 11.1 Å². The fourth-order valence-corrected chi connectivity index (χ4v) is 3.89. The molecule has 0 saturated carbocycles. The number of hydrogen-bond acceptors (Lipinski definition) is 4. The Labute approximate surface area is 201 Å². The number of nitrogens with one attached hydrogen (secondary N) is 1. The summed E-state index contributed by atoms with van der Waals surface area (Å²) in [5.74, 6) is -0.348. The zero-order valence-electron chi connectivity index (χ0n) is 19.0. The van der Waals surface area contributed by atoms with Crippen LogP contribution in [0.4, 0.5) is 5.69 Å². The number of hydrogen-bond donors (Lipinski definition) is 1. The summed E-state index contributed by atoms with van der Waals surface area (Å²) >= 11 is 5.96. The highest BCUT2D eigenvalue weighted by molar-refractivity contribution is 6.30. The van der Waals surface area contributed by atoms with Gasteiger partial charge in [-0.3, -0.25) is 23.5 Å². The van der Waals surface area contributed by atoms with E-state index in [1.165, 1.54) is 9.13 Å². The molecular weight excluding hydrogens is 452 g/mol. The van der Waals surface area contributed by atoms with E-state index in [1.54, 1.807) is 36.4 Å². The van der Waals surface area contributed by atoms with Gasteiger partial charge >= 0.3 is 11.1 Å². The minimum Gasteiger partial charge on any atom is -0.378 e. The van der Waals surface area contributed by atoms with Crippen molar-refractivity contribution in [2.75, 3.05) is 19.0 Å². The van der Waals surface area contributed by atoms with Crippen LogP contribution < -0.4 is 21.3 Å². The van der Waals surface area contributed by atoms with Crippen LogP contribution in [0.3, 0.4) is 0 Å². The average Bonchev–Trinajstić information content (AvgIpc) is 2.84. The predicted molar refractivity (Wildman–Crippen MR) is 136 cm³/mol. The molecule has 7 nitrogen and oxygen atoms in total. The van der Waals surface area contributed by atoms with Gasteiger partial charge in [0.15, 0.2) is 0 Å². The quantitative estimate of drug-likeness (QED) is 0.415. The van der Waals surface area contributed by atoms with Gasteiger partial charge in [-0.25, -0.2) is 0 Å². The largest absolute Gasteiger partial charge is 0.378 e. The van der Waals surface area contributed by atoms with Gasteiger partial charge in [-0.15, -0.1) is 0 Å². The molecule has 1 aromatic heterocycles. The third-order valence-electron chi connectivity index (χ3n) is 5.63. The number of rotatable bonds is 7. The summed E-state index contributed by atoms with van der Waals surface area (Å²) in [5.41, 5.74) is 2.52. The Kier molecular flexibility index (Phi) is 6.84. The Bertz CT molecular complexity index is 1440. The van der Waals surface area contributed by atoms with Gasteiger partial charge in [-0.05, 0) is 47.5 Å². The second-order valence-electron chi connectivity index (χ2n) is 8.24. The first-order valence-corrected chi connectivity index (χ1v) is 11.2. The Balaban J connectivity index is 1.58. The van der Waals surface area contributed by atoms with Crippen molar-refractivity contribution in [1.29, 1.82) is 0 Å². The molecular formula is C26H25ClN4O3. The fraction of sp³-hybridized carbons (Fsp3) is 0.192. The molecule has 0 spiro atoms. The summed E-state index contributed by atoms with van der Waals surface area (Å²) in [4.78, 5) is 40.6. The number of carbonyl (C=O) groups is 1. The summed E-state index contributed by atoms with van der Waals surface area (Å²) in [6.07, 6.45) is 0. The van der Waals surface area contributed by atoms with Crippen molar-refractivity contribution in [2.24, 2.45) is 0 Å². The lowest BCUT2D eigenvalue weighted by Crippen LogP contribution is -2.44. The maximum Gasteiger partial charge on any atom is 0.317 e. The normalized spacial score (nSPS) is 10.9. The first kappa shape index (κ1) is 23.3. The third-order valence-corrected chi connectivity index (χ3v) is 5.89. The van der Waals surface area contributed by atoms with E-state index in [9.17, 15) is 14.4 Å². The molecule has 4 rings (SSSR count). The molecule has 0 unspecified atom stereocenters. The molecule has 0 fully saturated rings. The van der Waals surface area contributed by atoms with E-state index in [0.29, 0.717) is 22.6 Å². The summed E-state index contributed by atoms with van der Waals surface area (Å²) in [6, 6.07) is 22.0. The molecule has 1 N–H and O–H groups in total. The smallest absolute Gasteiger partial charge is 0.317 e. The maximum atomic E-state index is 13.0. The van der Waals surface area contributed by atoms with E-state index in [4.69, 9.17) is 11.6 Å². The molecule has 1 heterocycles. The van der Waals surface area contributed by atoms with Gasteiger partial charge in [0.2, 0.25) is 5.91 Å². The molecule has 34 heavy (non-hydrogen) atoms. The summed E-state index contributed by atoms with van der Waals surface area (Å²) < 4.78 is 2.67. The summed E-state index contributed by atoms with van der Waals surface area (Å²) in [6.45, 7) is 0.306. The number of benzene rings is 3. The number of halogens is 1. The van der Waals surface area contributed by atoms with Gasteiger partial charge in [0.25, 0.3) is 0 Å². The van der Waals surface area contributed by atoms with Gasteiger partial charge < -0.3 is 10.2 Å². The average molecular weight is 477 g/mol. The van der Waals surface area contributed by atoms with Crippen LogP contribution in [0, 0.1) is 0 Å². The molecule has 0 aliphatic heterocycles. The number of para-hydroxylation sites is 2. The van der Waals surface area contributed by atoms with Crippen LogP contribution >= 0.6 is 11.6 Å². The van der Waals surface area contributed by atoms with Crippen molar-refractivity contribution in [1.82, 2.24) is 14.5 Å². The molecule has 1 amide bonds. The van der Waals surface area contributed by atoms with Crippen molar-refractivity contribution >= 4 is 34.2 Å². The molecule has 0 aliphatic carbocycles. The SMILES string of the molecule is CN(C)c1ccc(CNC(=O)Cn2c(=O)c(=O)n(Cc3ccc(Cl)cc3)c3ccccc32)cc1. The lowest BCUT2D eigenvalue weighted by molar-refractivity contribution is -0.121. The minimum absolute atomic E-state index is 0.224. The van der Waals surface area contributed by atoms with Crippen LogP contribution in [0.2, 0.25) is 5.02 Å². The van der Waals surface area contributed by atoms with E-state index in [0.717, 1.165) is 16.8 Å². The lowest BCUT2D eigenvalue weighted by Gasteiger charge is -2.15. The first-order valence-electron chi connectivity index (χ1n) is 10.8. The van der Waals surface area contributed by atoms with Crippen molar-refractivity contribution in [2.45, 2.75) is 19.6 Å². The number of anilines is 1. The van der Waals surface area contributed by atoms with Crippen molar-refractivity contribution in [3.63, 3.8) is 0 Å². The second kappa shape index (κ2) is 9.97. The highest BCUT2D eigenvalue weighted by atomic mass is 35.5. The Morgan fingerprint density at radius 1 is 0.824 bits per heavy atom. The number of amides is 1. The molecule has 0 bridgehead atoms. The Morgan fingerprint density at radius 3 is 2.00 bits per heavy atom.